The van der Waals surface area contributed by atoms with Crippen LogP contribution in [-0.4, -0.2) is 12.6 Å². The molecular weight excluding hydrogens is 224 g/mol. The molecule has 1 saturated carbocycles. The van der Waals surface area contributed by atoms with Crippen LogP contribution in [0.5, 0.6) is 0 Å². The van der Waals surface area contributed by atoms with E-state index in [-0.39, 0.29) is 5.97 Å². The van der Waals surface area contributed by atoms with Gasteiger partial charge in [0.2, 0.25) is 0 Å². The van der Waals surface area contributed by atoms with E-state index in [0.717, 1.165) is 12.8 Å². The summed E-state index contributed by atoms with van der Waals surface area (Å²) in [5.74, 6) is 0.918. The van der Waals surface area contributed by atoms with Gasteiger partial charge >= 0.3 is 5.97 Å². The number of allylic oxidation sites excluding steroid dienone is 1. The third-order valence-corrected chi connectivity index (χ3v) is 3.49. The number of ether oxygens (including phenoxy) is 1. The number of hydrogen-bond donors (Lipinski definition) is 0. The zero-order valence-electron chi connectivity index (χ0n) is 11.1. The summed E-state index contributed by atoms with van der Waals surface area (Å²) < 4.78 is 4.98. The maximum Gasteiger partial charge on any atom is 0.330 e. The number of benzene rings is 1. The molecule has 1 aromatic rings. The van der Waals surface area contributed by atoms with Gasteiger partial charge in [-0.25, -0.2) is 4.79 Å². The van der Waals surface area contributed by atoms with Crippen molar-refractivity contribution in [2.45, 2.75) is 32.6 Å². The first kappa shape index (κ1) is 12.9. The largest absolute Gasteiger partial charge is 0.463 e. The van der Waals surface area contributed by atoms with Gasteiger partial charge < -0.3 is 4.74 Å². The molecule has 1 aromatic carbocycles. The molecule has 0 saturated heterocycles. The van der Waals surface area contributed by atoms with Gasteiger partial charge in [0.05, 0.1) is 6.61 Å². The lowest BCUT2D eigenvalue weighted by Crippen LogP contribution is -2.02. The molecule has 2 nitrogen and oxygen atoms in total. The van der Waals surface area contributed by atoms with Gasteiger partial charge in [-0.2, -0.15) is 0 Å². The molecule has 0 bridgehead atoms. The molecule has 0 amide bonds. The molecule has 2 heteroatoms. The Bertz CT molecular complexity index is 434. The van der Waals surface area contributed by atoms with E-state index in [1.54, 1.807) is 6.08 Å². The van der Waals surface area contributed by atoms with Gasteiger partial charge in [0.1, 0.15) is 0 Å². The second-order valence-electron chi connectivity index (χ2n) is 4.68. The summed E-state index contributed by atoms with van der Waals surface area (Å²) in [6, 6.07) is 10.5. The van der Waals surface area contributed by atoms with E-state index in [9.17, 15) is 4.79 Å². The van der Waals surface area contributed by atoms with Gasteiger partial charge in [0.25, 0.3) is 0 Å². The van der Waals surface area contributed by atoms with Crippen LogP contribution < -0.4 is 0 Å². The van der Waals surface area contributed by atoms with Crippen LogP contribution >= 0.6 is 0 Å². The highest BCUT2D eigenvalue weighted by molar-refractivity contribution is 5.83. The van der Waals surface area contributed by atoms with Gasteiger partial charge in [-0.1, -0.05) is 42.8 Å². The molecule has 2 rings (SSSR count). The predicted molar refractivity (Wildman–Crippen MR) is 72.3 cm³/mol. The fraction of sp³-hybridized carbons (Fsp3) is 0.438. The monoisotopic (exact) mass is 244 g/mol. The van der Waals surface area contributed by atoms with Crippen molar-refractivity contribution >= 4 is 5.97 Å². The fourth-order valence-electron chi connectivity index (χ4n) is 2.48. The lowest BCUT2D eigenvalue weighted by Gasteiger charge is -2.04. The molecule has 1 aliphatic rings. The molecule has 0 aromatic heterocycles. The highest BCUT2D eigenvalue weighted by atomic mass is 16.5. The lowest BCUT2D eigenvalue weighted by atomic mass is 10.0. The van der Waals surface area contributed by atoms with E-state index in [1.807, 2.05) is 13.0 Å². The lowest BCUT2D eigenvalue weighted by molar-refractivity contribution is -0.137. The standard InChI is InChI=1S/C16H20O2/c1-3-12(10-16(17)18-4-2)14-11-15(14)13-8-6-5-7-9-13/h5-10,14-15H,3-4,11H2,1-2H3/b12-10-/t14-,15-/m1/s1. The second kappa shape index (κ2) is 5.85. The molecule has 0 N–H and O–H groups in total. The fourth-order valence-corrected chi connectivity index (χ4v) is 2.48. The second-order valence-corrected chi connectivity index (χ2v) is 4.68. The predicted octanol–water partition coefficient (Wildman–Crippen LogP) is 3.69. The van der Waals surface area contributed by atoms with Crippen molar-refractivity contribution in [1.82, 2.24) is 0 Å². The summed E-state index contributed by atoms with van der Waals surface area (Å²) >= 11 is 0. The molecule has 2 atom stereocenters. The normalized spacial score (nSPS) is 22.7. The number of carbonyl (C=O) groups is 1. The average molecular weight is 244 g/mol. The summed E-state index contributed by atoms with van der Waals surface area (Å²) in [4.78, 5) is 11.5. The van der Waals surface area contributed by atoms with Crippen LogP contribution in [0, 0.1) is 5.92 Å². The van der Waals surface area contributed by atoms with Crippen molar-refractivity contribution in [1.29, 1.82) is 0 Å². The van der Waals surface area contributed by atoms with Gasteiger partial charge in [0.15, 0.2) is 0 Å². The average Bonchev–Trinajstić information content (AvgIpc) is 3.17. The SMILES string of the molecule is CCOC(=O)/C=C(/CC)[C@H]1C[C@@H]1c1ccccc1. The van der Waals surface area contributed by atoms with Crippen LogP contribution in [0.1, 0.15) is 38.2 Å². The van der Waals surface area contributed by atoms with E-state index in [4.69, 9.17) is 4.74 Å². The van der Waals surface area contributed by atoms with Crippen molar-refractivity contribution in [3.63, 3.8) is 0 Å². The van der Waals surface area contributed by atoms with Crippen LogP contribution in [0.3, 0.4) is 0 Å². The molecule has 96 valence electrons. The first-order valence-electron chi connectivity index (χ1n) is 6.68. The van der Waals surface area contributed by atoms with Crippen LogP contribution in [0.25, 0.3) is 0 Å². The smallest absolute Gasteiger partial charge is 0.330 e. The van der Waals surface area contributed by atoms with Crippen molar-refractivity contribution < 1.29 is 9.53 Å². The van der Waals surface area contributed by atoms with Crippen LogP contribution in [0.15, 0.2) is 42.0 Å². The van der Waals surface area contributed by atoms with Crippen LogP contribution in [-0.2, 0) is 9.53 Å². The third-order valence-electron chi connectivity index (χ3n) is 3.49. The van der Waals surface area contributed by atoms with E-state index in [0.29, 0.717) is 18.4 Å². The van der Waals surface area contributed by atoms with E-state index in [1.165, 1.54) is 11.1 Å². The van der Waals surface area contributed by atoms with Gasteiger partial charge in [0, 0.05) is 6.08 Å². The number of carbonyl (C=O) groups excluding carboxylic acids is 1. The maximum absolute atomic E-state index is 11.5. The molecule has 1 fully saturated rings. The quantitative estimate of drug-likeness (QED) is 0.583. The highest BCUT2D eigenvalue weighted by Gasteiger charge is 2.40. The summed E-state index contributed by atoms with van der Waals surface area (Å²) in [6.07, 6.45) is 3.77. The van der Waals surface area contributed by atoms with Gasteiger partial charge in [-0.15, -0.1) is 0 Å². The van der Waals surface area contributed by atoms with Crippen molar-refractivity contribution in [3.8, 4) is 0 Å². The third kappa shape index (κ3) is 3.00. The van der Waals surface area contributed by atoms with Gasteiger partial charge in [-0.3, -0.25) is 0 Å². The molecule has 1 aliphatic carbocycles. The van der Waals surface area contributed by atoms with Crippen molar-refractivity contribution in [3.05, 3.63) is 47.5 Å². The topological polar surface area (TPSA) is 26.3 Å². The molecule has 0 aliphatic heterocycles. The summed E-state index contributed by atoms with van der Waals surface area (Å²) in [5, 5.41) is 0. The Kier molecular flexibility index (Phi) is 4.19. The maximum atomic E-state index is 11.5. The first-order valence-corrected chi connectivity index (χ1v) is 6.68. The minimum Gasteiger partial charge on any atom is -0.463 e. The van der Waals surface area contributed by atoms with Crippen molar-refractivity contribution in [2.75, 3.05) is 6.61 Å². The molecule has 0 unspecified atom stereocenters. The molecule has 0 radical (unpaired) electrons. The summed E-state index contributed by atoms with van der Waals surface area (Å²) in [5.41, 5.74) is 2.60. The van der Waals surface area contributed by atoms with Crippen molar-refractivity contribution in [2.24, 2.45) is 5.92 Å². The number of esters is 1. The summed E-state index contributed by atoms with van der Waals surface area (Å²) in [7, 11) is 0. The molecule has 0 spiro atoms. The Hall–Kier alpha value is -1.57. The highest BCUT2D eigenvalue weighted by Crippen LogP contribution is 2.52. The van der Waals surface area contributed by atoms with Crippen LogP contribution in [0.2, 0.25) is 0 Å². The zero-order chi connectivity index (χ0) is 13.0. The Balaban J connectivity index is 2.02. The van der Waals surface area contributed by atoms with E-state index >= 15 is 0 Å². The Morgan fingerprint density at radius 1 is 1.33 bits per heavy atom. The van der Waals surface area contributed by atoms with Gasteiger partial charge in [-0.05, 0) is 37.2 Å². The minimum atomic E-state index is -0.201. The zero-order valence-corrected chi connectivity index (χ0v) is 11.1. The Morgan fingerprint density at radius 2 is 2.06 bits per heavy atom. The van der Waals surface area contributed by atoms with E-state index < -0.39 is 0 Å². The molecule has 18 heavy (non-hydrogen) atoms. The van der Waals surface area contributed by atoms with E-state index in [2.05, 4.69) is 31.2 Å². The number of hydrogen-bond acceptors (Lipinski definition) is 2. The molecular formula is C16H20O2. The first-order chi connectivity index (χ1) is 8.76. The van der Waals surface area contributed by atoms with Crippen LogP contribution in [0.4, 0.5) is 0 Å². The summed E-state index contributed by atoms with van der Waals surface area (Å²) in [6.45, 7) is 4.38. The Morgan fingerprint density at radius 3 is 2.67 bits per heavy atom. The Labute approximate surface area is 109 Å². The number of rotatable bonds is 5. The minimum absolute atomic E-state index is 0.201. The molecule has 0 heterocycles.